The van der Waals surface area contributed by atoms with Crippen molar-refractivity contribution in [1.29, 1.82) is 0 Å². The van der Waals surface area contributed by atoms with Gasteiger partial charge in [-0.3, -0.25) is 4.79 Å². The van der Waals surface area contributed by atoms with Gasteiger partial charge >= 0.3 is 6.18 Å². The van der Waals surface area contributed by atoms with E-state index in [9.17, 15) is 22.4 Å². The van der Waals surface area contributed by atoms with Crippen LogP contribution >= 0.6 is 34.2 Å². The number of hydrogen-bond donors (Lipinski definition) is 0. The Labute approximate surface area is 101 Å². The zero-order valence-electron chi connectivity index (χ0n) is 6.83. The Bertz CT molecular complexity index is 416. The van der Waals surface area contributed by atoms with Crippen LogP contribution < -0.4 is 0 Å². The van der Waals surface area contributed by atoms with E-state index in [-0.39, 0.29) is 3.57 Å². The average Bonchev–Trinajstić information content (AvgIpc) is 2.06. The normalized spacial score (nSPS) is 11.6. The van der Waals surface area contributed by atoms with Gasteiger partial charge in [-0.25, -0.2) is 4.39 Å². The number of rotatable bonds is 1. The van der Waals surface area contributed by atoms with E-state index in [4.69, 9.17) is 11.6 Å². The van der Waals surface area contributed by atoms with Crippen LogP contribution in [0.4, 0.5) is 17.6 Å². The second-order valence-corrected chi connectivity index (χ2v) is 4.09. The van der Waals surface area contributed by atoms with E-state index >= 15 is 0 Å². The maximum atomic E-state index is 12.9. The third kappa shape index (κ3) is 2.81. The highest BCUT2D eigenvalue weighted by Crippen LogP contribution is 2.34. The first-order chi connectivity index (χ1) is 6.73. The molecule has 1 rings (SSSR count). The van der Waals surface area contributed by atoms with E-state index in [1.54, 1.807) is 0 Å². The lowest BCUT2D eigenvalue weighted by Gasteiger charge is -2.10. The van der Waals surface area contributed by atoms with E-state index in [1.807, 2.05) is 0 Å². The fourth-order valence-corrected chi connectivity index (χ4v) is 1.57. The molecule has 1 aromatic rings. The Morgan fingerprint density at radius 2 is 1.87 bits per heavy atom. The standard InChI is InChI=1S/C8H2ClF4IO/c9-7(15)3-1-5(10)6(14)2-4(3)8(11,12)13/h1-2H. The fourth-order valence-electron chi connectivity index (χ4n) is 0.944. The second-order valence-electron chi connectivity index (χ2n) is 2.58. The molecule has 1 nitrogen and oxygen atoms in total. The van der Waals surface area contributed by atoms with Gasteiger partial charge in [0.15, 0.2) is 0 Å². The number of hydrogen-bond acceptors (Lipinski definition) is 1. The van der Waals surface area contributed by atoms with Gasteiger partial charge < -0.3 is 0 Å². The predicted molar refractivity (Wildman–Crippen MR) is 54.3 cm³/mol. The summed E-state index contributed by atoms with van der Waals surface area (Å²) >= 11 is 6.33. The van der Waals surface area contributed by atoms with Crippen LogP contribution in [0.15, 0.2) is 12.1 Å². The highest BCUT2D eigenvalue weighted by molar-refractivity contribution is 14.1. The van der Waals surface area contributed by atoms with Crippen molar-refractivity contribution in [1.82, 2.24) is 0 Å². The van der Waals surface area contributed by atoms with Crippen LogP contribution in [0.25, 0.3) is 0 Å². The molecule has 0 atom stereocenters. The van der Waals surface area contributed by atoms with E-state index in [2.05, 4.69) is 0 Å². The van der Waals surface area contributed by atoms with Crippen molar-refractivity contribution < 1.29 is 22.4 Å². The Balaban J connectivity index is 3.49. The zero-order valence-corrected chi connectivity index (χ0v) is 9.74. The molecule has 0 spiro atoms. The van der Waals surface area contributed by atoms with Gasteiger partial charge in [-0.1, -0.05) is 0 Å². The monoisotopic (exact) mass is 352 g/mol. The Morgan fingerprint density at radius 1 is 1.33 bits per heavy atom. The molecule has 0 amide bonds. The highest BCUT2D eigenvalue weighted by Gasteiger charge is 2.35. The van der Waals surface area contributed by atoms with Gasteiger partial charge in [-0.05, 0) is 46.3 Å². The fraction of sp³-hybridized carbons (Fsp3) is 0.125. The summed E-state index contributed by atoms with van der Waals surface area (Å²) in [7, 11) is 0. The molecule has 0 aliphatic carbocycles. The molecule has 0 heterocycles. The highest BCUT2D eigenvalue weighted by atomic mass is 127. The summed E-state index contributed by atoms with van der Waals surface area (Å²) < 4.78 is 49.9. The molecule has 0 fully saturated rings. The summed E-state index contributed by atoms with van der Waals surface area (Å²) in [5.74, 6) is -0.910. The minimum Gasteiger partial charge on any atom is -0.276 e. The molecule has 0 bridgehead atoms. The molecular weight excluding hydrogens is 350 g/mol. The van der Waals surface area contributed by atoms with Crippen LogP contribution in [-0.4, -0.2) is 5.24 Å². The lowest BCUT2D eigenvalue weighted by atomic mass is 10.1. The molecule has 0 N–H and O–H groups in total. The number of alkyl halides is 3. The number of carbonyl (C=O) groups is 1. The summed E-state index contributed by atoms with van der Waals surface area (Å²) in [6.07, 6.45) is -4.73. The molecule has 82 valence electrons. The van der Waals surface area contributed by atoms with Gasteiger partial charge in [0.25, 0.3) is 5.24 Å². The van der Waals surface area contributed by atoms with E-state index in [0.717, 1.165) is 0 Å². The van der Waals surface area contributed by atoms with Crippen LogP contribution in [-0.2, 0) is 6.18 Å². The molecule has 15 heavy (non-hydrogen) atoms. The largest absolute Gasteiger partial charge is 0.417 e. The van der Waals surface area contributed by atoms with Crippen LogP contribution in [0.3, 0.4) is 0 Å². The molecule has 0 aliphatic heterocycles. The van der Waals surface area contributed by atoms with Crippen molar-refractivity contribution in [2.75, 3.05) is 0 Å². The number of benzene rings is 1. The third-order valence-corrected chi connectivity index (χ3v) is 2.61. The predicted octanol–water partition coefficient (Wildman–Crippen LogP) is 3.83. The van der Waals surface area contributed by atoms with E-state index < -0.39 is 28.4 Å². The summed E-state index contributed by atoms with van der Waals surface area (Å²) in [6.45, 7) is 0. The van der Waals surface area contributed by atoms with E-state index in [0.29, 0.717) is 12.1 Å². The lowest BCUT2D eigenvalue weighted by Crippen LogP contribution is -2.12. The summed E-state index contributed by atoms with van der Waals surface area (Å²) in [4.78, 5) is 10.7. The van der Waals surface area contributed by atoms with Crippen molar-refractivity contribution in [2.24, 2.45) is 0 Å². The van der Waals surface area contributed by atoms with Crippen molar-refractivity contribution in [3.63, 3.8) is 0 Å². The maximum absolute atomic E-state index is 12.9. The van der Waals surface area contributed by atoms with Crippen molar-refractivity contribution in [2.45, 2.75) is 6.18 Å². The minimum atomic E-state index is -4.73. The second kappa shape index (κ2) is 4.25. The Hall–Kier alpha value is -0.370. The molecule has 0 saturated heterocycles. The molecule has 0 unspecified atom stereocenters. The molecule has 7 heteroatoms. The molecular formula is C8H2ClF4IO. The van der Waals surface area contributed by atoms with Crippen molar-refractivity contribution >= 4 is 39.4 Å². The summed E-state index contributed by atoms with van der Waals surface area (Å²) in [5, 5.41) is -1.34. The Morgan fingerprint density at radius 3 is 2.27 bits per heavy atom. The van der Waals surface area contributed by atoms with Crippen molar-refractivity contribution in [3.05, 3.63) is 32.6 Å². The van der Waals surface area contributed by atoms with Crippen LogP contribution in [0.2, 0.25) is 0 Å². The zero-order chi connectivity index (χ0) is 11.8. The first-order valence-electron chi connectivity index (χ1n) is 3.49. The summed E-state index contributed by atoms with van der Waals surface area (Å²) in [5.41, 5.74) is -2.10. The number of halogens is 6. The topological polar surface area (TPSA) is 17.1 Å². The quantitative estimate of drug-likeness (QED) is 0.426. The van der Waals surface area contributed by atoms with Crippen LogP contribution in [0.1, 0.15) is 15.9 Å². The first-order valence-corrected chi connectivity index (χ1v) is 4.95. The van der Waals surface area contributed by atoms with Crippen molar-refractivity contribution in [3.8, 4) is 0 Å². The molecule has 0 saturated carbocycles. The number of carbonyl (C=O) groups excluding carboxylic acids is 1. The van der Waals surface area contributed by atoms with Crippen LogP contribution in [0, 0.1) is 9.39 Å². The van der Waals surface area contributed by atoms with Crippen LogP contribution in [0.5, 0.6) is 0 Å². The first kappa shape index (κ1) is 12.7. The molecule has 0 aromatic heterocycles. The Kier molecular flexibility index (Phi) is 3.59. The lowest BCUT2D eigenvalue weighted by molar-refractivity contribution is -0.137. The van der Waals surface area contributed by atoms with Gasteiger partial charge in [-0.15, -0.1) is 0 Å². The van der Waals surface area contributed by atoms with Gasteiger partial charge in [0.1, 0.15) is 5.82 Å². The SMILES string of the molecule is O=C(Cl)c1cc(F)c(I)cc1C(F)(F)F. The van der Waals surface area contributed by atoms with Gasteiger partial charge in [0.2, 0.25) is 0 Å². The van der Waals surface area contributed by atoms with Gasteiger partial charge in [0.05, 0.1) is 5.56 Å². The minimum absolute atomic E-state index is 0.221. The maximum Gasteiger partial charge on any atom is 0.417 e. The third-order valence-electron chi connectivity index (χ3n) is 1.58. The summed E-state index contributed by atoms with van der Waals surface area (Å²) in [6, 6.07) is 1.03. The molecule has 1 aromatic carbocycles. The average molecular weight is 352 g/mol. The van der Waals surface area contributed by atoms with E-state index in [1.165, 1.54) is 22.6 Å². The van der Waals surface area contributed by atoms with Gasteiger partial charge in [0, 0.05) is 9.13 Å². The van der Waals surface area contributed by atoms with Gasteiger partial charge in [-0.2, -0.15) is 13.2 Å². The molecule has 0 radical (unpaired) electrons. The smallest absolute Gasteiger partial charge is 0.276 e. The molecule has 0 aliphatic rings.